The van der Waals surface area contributed by atoms with Crippen molar-refractivity contribution in [2.24, 2.45) is 0 Å². The van der Waals surface area contributed by atoms with Crippen molar-refractivity contribution in [3.05, 3.63) is 127 Å². The van der Waals surface area contributed by atoms with Gasteiger partial charge in [0.2, 0.25) is 5.91 Å². The van der Waals surface area contributed by atoms with Crippen LogP contribution >= 0.6 is 23.2 Å². The summed E-state index contributed by atoms with van der Waals surface area (Å²) in [6, 6.07) is 16.6. The van der Waals surface area contributed by atoms with Crippen LogP contribution < -0.4 is 10.9 Å². The Bertz CT molecular complexity index is 2210. The minimum atomic E-state index is -1.49. The summed E-state index contributed by atoms with van der Waals surface area (Å²) in [5.74, 6) is -3.97. The van der Waals surface area contributed by atoms with E-state index in [1.54, 1.807) is 55.5 Å². The number of ether oxygens (including phenoxy) is 1. The van der Waals surface area contributed by atoms with E-state index >= 15 is 0 Å². The highest BCUT2D eigenvalue weighted by molar-refractivity contribution is 6.36. The molecule has 0 bridgehead atoms. The molecule has 2 aromatic heterocycles. The van der Waals surface area contributed by atoms with Gasteiger partial charge in [-0.1, -0.05) is 59.6 Å². The average molecular weight is 765 g/mol. The number of hydrogen-bond donors (Lipinski definition) is 1. The first-order valence-electron chi connectivity index (χ1n) is 16.0. The molecule has 0 aliphatic heterocycles. The zero-order valence-electron chi connectivity index (χ0n) is 27.9. The molecule has 0 radical (unpaired) electrons. The third kappa shape index (κ3) is 9.66. The SMILES string of the molecule is CCOC(=O)CC(NC(=O)Cn1c(-c2ccc(F)cc2)ncc([N+](=O)C(=O)Cc2ccccc2)c1=O)C(=O)Cn1nnnc1Cc1c(Cl)cccc1Cl. The third-order valence-corrected chi connectivity index (χ3v) is 8.49. The van der Waals surface area contributed by atoms with E-state index in [2.05, 4.69) is 25.8 Å². The van der Waals surface area contributed by atoms with Crippen molar-refractivity contribution in [3.8, 4) is 11.4 Å². The molecule has 5 rings (SSSR count). The largest absolute Gasteiger partial charge is 0.466 e. The molecule has 3 aromatic carbocycles. The number of halogens is 3. The van der Waals surface area contributed by atoms with Gasteiger partial charge in [-0.3, -0.25) is 23.7 Å². The number of Topliss-reactive ketones (excluding diaryl/α,β-unsaturated/α-hetero) is 1. The number of nitroso groups, excluding NO2 is 1. The first-order chi connectivity index (χ1) is 25.4. The summed E-state index contributed by atoms with van der Waals surface area (Å²) in [6.45, 7) is 0.225. The highest BCUT2D eigenvalue weighted by atomic mass is 35.5. The molecule has 53 heavy (non-hydrogen) atoms. The van der Waals surface area contributed by atoms with Crippen LogP contribution in [0.25, 0.3) is 11.4 Å². The smallest absolute Gasteiger partial charge is 0.444 e. The van der Waals surface area contributed by atoms with Crippen molar-refractivity contribution in [1.82, 2.24) is 35.1 Å². The number of carbonyl (C=O) groups is 4. The first kappa shape index (κ1) is 38.2. The van der Waals surface area contributed by atoms with E-state index in [1.807, 2.05) is 0 Å². The van der Waals surface area contributed by atoms with Crippen LogP contribution in [-0.4, -0.2) is 70.7 Å². The molecule has 15 nitrogen and oxygen atoms in total. The molecule has 272 valence electrons. The van der Waals surface area contributed by atoms with Gasteiger partial charge in [0.05, 0.1) is 19.1 Å². The zero-order chi connectivity index (χ0) is 38.1. The van der Waals surface area contributed by atoms with Crippen LogP contribution in [0, 0.1) is 10.7 Å². The summed E-state index contributed by atoms with van der Waals surface area (Å²) in [5.41, 5.74) is -0.538. The third-order valence-electron chi connectivity index (χ3n) is 7.78. The van der Waals surface area contributed by atoms with Gasteiger partial charge in [-0.05, 0) is 64.9 Å². The molecule has 0 saturated carbocycles. The topological polar surface area (TPSA) is 188 Å². The molecule has 2 heterocycles. The van der Waals surface area contributed by atoms with Crippen LogP contribution in [-0.2, 0) is 49.8 Å². The van der Waals surface area contributed by atoms with Crippen molar-refractivity contribution >= 4 is 52.5 Å². The summed E-state index contributed by atoms with van der Waals surface area (Å²) in [4.78, 5) is 83.7. The summed E-state index contributed by atoms with van der Waals surface area (Å²) < 4.78 is 20.6. The fraction of sp³-hybridized carbons (Fsp3) is 0.229. The highest BCUT2D eigenvalue weighted by Gasteiger charge is 2.33. The predicted octanol–water partition coefficient (Wildman–Crippen LogP) is 3.82. The molecule has 1 unspecified atom stereocenters. The molecule has 0 aliphatic rings. The van der Waals surface area contributed by atoms with Gasteiger partial charge in [0.15, 0.2) is 11.6 Å². The summed E-state index contributed by atoms with van der Waals surface area (Å²) in [6.07, 6.45) is 0.0251. The van der Waals surface area contributed by atoms with Crippen LogP contribution in [0.15, 0.2) is 83.8 Å². The minimum Gasteiger partial charge on any atom is -0.466 e. The Labute approximate surface area is 310 Å². The standard InChI is InChI=1S/C35H29Cl2FN8O7/c1-2-53-33(50)17-27(29(47)19-45-30(41-42-43-45)16-24-25(36)9-6-10-26(24)37)40-31(48)20-44-34(22-11-13-23(38)14-12-22)39-18-28(35(44)51)46(52)32(49)15-21-7-4-3-5-8-21/h3-14,18,27H,2,15-17,19-20H2,1H3/p+1. The van der Waals surface area contributed by atoms with E-state index in [0.717, 1.165) is 27.6 Å². The molecule has 0 aliphatic carbocycles. The lowest BCUT2D eigenvalue weighted by molar-refractivity contribution is -0.388. The van der Waals surface area contributed by atoms with Crippen molar-refractivity contribution in [1.29, 1.82) is 0 Å². The second kappa shape index (κ2) is 17.5. The van der Waals surface area contributed by atoms with Crippen LogP contribution in [0.3, 0.4) is 0 Å². The van der Waals surface area contributed by atoms with Gasteiger partial charge in [0, 0.05) is 26.9 Å². The second-order valence-corrected chi connectivity index (χ2v) is 12.3. The van der Waals surface area contributed by atoms with E-state index in [-0.39, 0.29) is 41.4 Å². The Morgan fingerprint density at radius 1 is 0.962 bits per heavy atom. The number of benzene rings is 3. The zero-order valence-corrected chi connectivity index (χ0v) is 29.5. The van der Waals surface area contributed by atoms with E-state index in [9.17, 15) is 33.3 Å². The Morgan fingerprint density at radius 2 is 1.66 bits per heavy atom. The molecule has 1 N–H and O–H groups in total. The van der Waals surface area contributed by atoms with Crippen molar-refractivity contribution < 1.29 is 33.1 Å². The van der Waals surface area contributed by atoms with E-state index in [4.69, 9.17) is 27.9 Å². The number of aromatic nitrogens is 6. The van der Waals surface area contributed by atoms with Gasteiger partial charge < -0.3 is 10.1 Å². The lowest BCUT2D eigenvalue weighted by Gasteiger charge is -2.18. The molecule has 0 saturated heterocycles. The monoisotopic (exact) mass is 763 g/mol. The van der Waals surface area contributed by atoms with Crippen LogP contribution in [0.2, 0.25) is 10.0 Å². The van der Waals surface area contributed by atoms with Gasteiger partial charge in [0.1, 0.15) is 42.1 Å². The molecule has 2 amide bonds. The maximum Gasteiger partial charge on any atom is 0.444 e. The first-order valence-corrected chi connectivity index (χ1v) is 16.8. The van der Waals surface area contributed by atoms with Crippen LogP contribution in [0.5, 0.6) is 0 Å². The number of esters is 1. The van der Waals surface area contributed by atoms with E-state index in [1.165, 1.54) is 12.1 Å². The normalized spacial score (nSPS) is 11.5. The van der Waals surface area contributed by atoms with Gasteiger partial charge in [-0.25, -0.2) is 18.9 Å². The lowest BCUT2D eigenvalue weighted by atomic mass is 10.1. The maximum absolute atomic E-state index is 13.8. The summed E-state index contributed by atoms with van der Waals surface area (Å²) >= 11 is 12.6. The fourth-order valence-corrected chi connectivity index (χ4v) is 5.71. The summed E-state index contributed by atoms with van der Waals surface area (Å²) in [7, 11) is 0. The maximum atomic E-state index is 13.8. The van der Waals surface area contributed by atoms with E-state index in [0.29, 0.717) is 21.2 Å². The molecule has 0 spiro atoms. The molecule has 18 heteroatoms. The average Bonchev–Trinajstić information content (AvgIpc) is 3.57. The summed E-state index contributed by atoms with van der Waals surface area (Å²) in [5, 5.41) is 14.6. The number of carbonyl (C=O) groups excluding carboxylic acids is 4. The molecule has 1 atom stereocenters. The quantitative estimate of drug-likeness (QED) is 0.121. The van der Waals surface area contributed by atoms with Gasteiger partial charge in [0.25, 0.3) is 0 Å². The number of nitrogens with zero attached hydrogens (tertiary/aromatic N) is 7. The van der Waals surface area contributed by atoms with Gasteiger partial charge in [-0.15, -0.1) is 5.10 Å². The fourth-order valence-electron chi connectivity index (χ4n) is 5.18. The molecule has 0 fully saturated rings. The highest BCUT2D eigenvalue weighted by Crippen LogP contribution is 2.26. The van der Waals surface area contributed by atoms with Crippen molar-refractivity contribution in [3.63, 3.8) is 0 Å². The molecular weight excluding hydrogens is 734 g/mol. The Balaban J connectivity index is 1.42. The Morgan fingerprint density at radius 3 is 2.34 bits per heavy atom. The molecule has 5 aromatic rings. The van der Waals surface area contributed by atoms with Crippen molar-refractivity contribution in [2.75, 3.05) is 6.61 Å². The number of tetrazole rings is 1. The van der Waals surface area contributed by atoms with Gasteiger partial charge >= 0.3 is 23.1 Å². The minimum absolute atomic E-state index is 0.00694. The number of hydrogen-bond acceptors (Lipinski definition) is 11. The number of rotatable bonds is 15. The number of nitrogens with one attached hydrogen (secondary N) is 1. The van der Waals surface area contributed by atoms with Gasteiger partial charge in [-0.2, -0.15) is 0 Å². The van der Waals surface area contributed by atoms with Crippen molar-refractivity contribution in [2.45, 2.75) is 45.3 Å². The van der Waals surface area contributed by atoms with E-state index < -0.39 is 66.2 Å². The van der Waals surface area contributed by atoms with Crippen LogP contribution in [0.1, 0.15) is 30.3 Å². The number of ketones is 1. The second-order valence-electron chi connectivity index (χ2n) is 11.4. The lowest BCUT2D eigenvalue weighted by Crippen LogP contribution is -2.46. The predicted molar refractivity (Wildman–Crippen MR) is 188 cm³/mol. The Hall–Kier alpha value is -6.00. The number of amides is 2. The Kier molecular flexibility index (Phi) is 12.6. The van der Waals surface area contributed by atoms with Crippen LogP contribution in [0.4, 0.5) is 10.1 Å². The molecular formula is C35H30Cl2FN8O7+.